The molecule has 2 nitrogen and oxygen atoms in total. The number of halogens is 3. The molecule has 3 N–H and O–H groups in total. The van der Waals surface area contributed by atoms with Gasteiger partial charge in [0.05, 0.1) is 11.6 Å². The van der Waals surface area contributed by atoms with Crippen molar-refractivity contribution in [3.63, 3.8) is 0 Å². The van der Waals surface area contributed by atoms with Crippen LogP contribution in [0.25, 0.3) is 0 Å². The molecule has 1 saturated heterocycles. The molecule has 1 aromatic carbocycles. The van der Waals surface area contributed by atoms with Crippen molar-refractivity contribution in [3.8, 4) is 0 Å². The Morgan fingerprint density at radius 2 is 2.05 bits per heavy atom. The molecule has 1 aliphatic rings. The van der Waals surface area contributed by atoms with E-state index in [-0.39, 0.29) is 11.3 Å². The first kappa shape index (κ1) is 17.0. The average Bonchev–Trinajstić information content (AvgIpc) is 2.48. The molecule has 7 heteroatoms. The maximum Gasteiger partial charge on any atom is 0.416 e. The number of benzene rings is 1. The molecule has 1 aliphatic heterocycles. The maximum absolute atomic E-state index is 12.9. The Morgan fingerprint density at radius 3 is 2.67 bits per heavy atom. The number of thioether (sulfide) groups is 2. The molecule has 0 aromatic heterocycles. The van der Waals surface area contributed by atoms with E-state index in [2.05, 4.69) is 12.3 Å². The second-order valence-corrected chi connectivity index (χ2v) is 7.55. The van der Waals surface area contributed by atoms with Crippen LogP contribution in [0, 0.1) is 0 Å². The Kier molecular flexibility index (Phi) is 5.88. The molecular formula is C14H19F3N2S2. The summed E-state index contributed by atoms with van der Waals surface area (Å²) >= 11 is 3.67. The number of nitrogens with one attached hydrogen (secondary N) is 1. The standard InChI is InChI=1S/C14H19F3N2S2/c1-2-11-13(21-7-6-20-11)12(19-18)9-4-3-5-10(8-9)14(15,16)17/h3-5,8,11-13,19H,2,6-7,18H2,1H3. The lowest BCUT2D eigenvalue weighted by Gasteiger charge is -2.36. The number of hydrazine groups is 1. The first-order chi connectivity index (χ1) is 9.97. The fourth-order valence-electron chi connectivity index (χ4n) is 2.54. The van der Waals surface area contributed by atoms with Crippen molar-refractivity contribution in [3.05, 3.63) is 35.4 Å². The van der Waals surface area contributed by atoms with Crippen molar-refractivity contribution in [1.82, 2.24) is 5.43 Å². The van der Waals surface area contributed by atoms with Crippen molar-refractivity contribution in [2.45, 2.75) is 36.1 Å². The van der Waals surface area contributed by atoms with E-state index >= 15 is 0 Å². The molecule has 3 unspecified atom stereocenters. The summed E-state index contributed by atoms with van der Waals surface area (Å²) < 4.78 is 38.6. The monoisotopic (exact) mass is 336 g/mol. The molecule has 1 fully saturated rings. The van der Waals surface area contributed by atoms with Crippen molar-refractivity contribution in [1.29, 1.82) is 0 Å². The van der Waals surface area contributed by atoms with Crippen LogP contribution in [0.1, 0.15) is 30.5 Å². The van der Waals surface area contributed by atoms with E-state index in [0.29, 0.717) is 10.8 Å². The molecule has 0 amide bonds. The van der Waals surface area contributed by atoms with Gasteiger partial charge in [0, 0.05) is 22.0 Å². The fourth-order valence-corrected chi connectivity index (χ4v) is 5.77. The molecule has 0 saturated carbocycles. The largest absolute Gasteiger partial charge is 0.416 e. The Bertz CT molecular complexity index is 468. The summed E-state index contributed by atoms with van der Waals surface area (Å²) in [6.45, 7) is 2.11. The zero-order valence-corrected chi connectivity index (χ0v) is 13.3. The second kappa shape index (κ2) is 7.26. The molecule has 21 heavy (non-hydrogen) atoms. The Labute approximate surface area is 131 Å². The fraction of sp³-hybridized carbons (Fsp3) is 0.571. The van der Waals surface area contributed by atoms with Crippen molar-refractivity contribution >= 4 is 23.5 Å². The van der Waals surface area contributed by atoms with Gasteiger partial charge in [0.2, 0.25) is 0 Å². The zero-order chi connectivity index (χ0) is 15.5. The van der Waals surface area contributed by atoms with E-state index in [9.17, 15) is 13.2 Å². The summed E-state index contributed by atoms with van der Waals surface area (Å²) in [7, 11) is 0. The molecule has 0 aliphatic carbocycles. The lowest BCUT2D eigenvalue weighted by molar-refractivity contribution is -0.137. The predicted octanol–water partition coefficient (Wildman–Crippen LogP) is 3.84. The third kappa shape index (κ3) is 4.09. The van der Waals surface area contributed by atoms with Crippen LogP contribution >= 0.6 is 23.5 Å². The van der Waals surface area contributed by atoms with E-state index in [1.807, 2.05) is 11.8 Å². The van der Waals surface area contributed by atoms with Crippen molar-refractivity contribution in [2.24, 2.45) is 5.84 Å². The van der Waals surface area contributed by atoms with Gasteiger partial charge in [0.25, 0.3) is 0 Å². The minimum atomic E-state index is -4.33. The average molecular weight is 336 g/mol. The molecule has 0 radical (unpaired) electrons. The van der Waals surface area contributed by atoms with Crippen LogP contribution in [-0.4, -0.2) is 22.0 Å². The molecule has 1 heterocycles. The number of hydrogen-bond acceptors (Lipinski definition) is 4. The third-order valence-corrected chi connectivity index (χ3v) is 6.93. The van der Waals surface area contributed by atoms with Gasteiger partial charge in [-0.05, 0) is 24.1 Å². The zero-order valence-electron chi connectivity index (χ0n) is 11.7. The smallest absolute Gasteiger partial charge is 0.271 e. The minimum absolute atomic E-state index is 0.183. The maximum atomic E-state index is 12.9. The molecule has 0 bridgehead atoms. The van der Waals surface area contributed by atoms with E-state index in [1.54, 1.807) is 17.8 Å². The SMILES string of the molecule is CCC1SCCSC1C(NN)c1cccc(C(F)(F)F)c1. The summed E-state index contributed by atoms with van der Waals surface area (Å²) in [5.74, 6) is 7.74. The topological polar surface area (TPSA) is 38.0 Å². The summed E-state index contributed by atoms with van der Waals surface area (Å²) in [6.07, 6.45) is -3.34. The first-order valence-corrected chi connectivity index (χ1v) is 8.93. The van der Waals surface area contributed by atoms with Crippen LogP contribution in [0.3, 0.4) is 0 Å². The summed E-state index contributed by atoms with van der Waals surface area (Å²) in [5.41, 5.74) is 2.71. The van der Waals surface area contributed by atoms with E-state index in [4.69, 9.17) is 5.84 Å². The predicted molar refractivity (Wildman–Crippen MR) is 84.3 cm³/mol. The molecule has 118 valence electrons. The lowest BCUT2D eigenvalue weighted by Crippen LogP contribution is -2.41. The van der Waals surface area contributed by atoms with Gasteiger partial charge in [-0.2, -0.15) is 36.7 Å². The van der Waals surface area contributed by atoms with Gasteiger partial charge in [0.15, 0.2) is 0 Å². The van der Waals surface area contributed by atoms with Gasteiger partial charge in [-0.25, -0.2) is 0 Å². The Hall–Kier alpha value is -0.370. The highest BCUT2D eigenvalue weighted by Gasteiger charge is 2.35. The van der Waals surface area contributed by atoms with Crippen LogP contribution in [0.2, 0.25) is 0 Å². The first-order valence-electron chi connectivity index (χ1n) is 6.84. The van der Waals surface area contributed by atoms with E-state index < -0.39 is 11.7 Å². The van der Waals surface area contributed by atoms with Crippen molar-refractivity contribution < 1.29 is 13.2 Å². The molecule has 0 spiro atoms. The summed E-state index contributed by atoms with van der Waals surface area (Å²) in [4.78, 5) is 0. The number of rotatable bonds is 4. The highest BCUT2D eigenvalue weighted by atomic mass is 32.2. The molecule has 3 atom stereocenters. The lowest BCUT2D eigenvalue weighted by atomic mass is 9.98. The van der Waals surface area contributed by atoms with Crippen molar-refractivity contribution in [2.75, 3.05) is 11.5 Å². The number of nitrogens with two attached hydrogens (primary N) is 1. The number of alkyl halides is 3. The van der Waals surface area contributed by atoms with Gasteiger partial charge in [-0.3, -0.25) is 11.3 Å². The Morgan fingerprint density at radius 1 is 1.33 bits per heavy atom. The molecule has 1 aromatic rings. The van der Waals surface area contributed by atoms with E-state index in [0.717, 1.165) is 24.0 Å². The van der Waals surface area contributed by atoms with Gasteiger partial charge in [0.1, 0.15) is 0 Å². The summed E-state index contributed by atoms with van der Waals surface area (Å²) in [5, 5.41) is 0.585. The van der Waals surface area contributed by atoms with Gasteiger partial charge in [-0.15, -0.1) is 0 Å². The highest BCUT2D eigenvalue weighted by molar-refractivity contribution is 8.07. The van der Waals surface area contributed by atoms with Crippen LogP contribution in [0.5, 0.6) is 0 Å². The van der Waals surface area contributed by atoms with Gasteiger partial charge in [-0.1, -0.05) is 19.1 Å². The highest BCUT2D eigenvalue weighted by Crippen LogP contribution is 2.41. The summed E-state index contributed by atoms with van der Waals surface area (Å²) in [6, 6.07) is 5.19. The van der Waals surface area contributed by atoms with Gasteiger partial charge >= 0.3 is 6.18 Å². The normalized spacial score (nSPS) is 24.8. The number of hydrogen-bond donors (Lipinski definition) is 2. The van der Waals surface area contributed by atoms with Crippen LogP contribution < -0.4 is 11.3 Å². The molecule has 2 rings (SSSR count). The minimum Gasteiger partial charge on any atom is -0.271 e. The van der Waals surface area contributed by atoms with Crippen LogP contribution in [-0.2, 0) is 6.18 Å². The van der Waals surface area contributed by atoms with Crippen LogP contribution in [0.4, 0.5) is 13.2 Å². The van der Waals surface area contributed by atoms with E-state index in [1.165, 1.54) is 12.1 Å². The second-order valence-electron chi connectivity index (χ2n) is 4.92. The van der Waals surface area contributed by atoms with Gasteiger partial charge < -0.3 is 0 Å². The quantitative estimate of drug-likeness (QED) is 0.647. The third-order valence-electron chi connectivity index (χ3n) is 3.58. The molecular weight excluding hydrogens is 317 g/mol. The Balaban J connectivity index is 2.28. The van der Waals surface area contributed by atoms with Crippen LogP contribution in [0.15, 0.2) is 24.3 Å².